The largest absolute Gasteiger partial charge is 0.481 e. The second kappa shape index (κ2) is 6.21. The highest BCUT2D eigenvalue weighted by molar-refractivity contribution is 6.09. The molecule has 0 aromatic rings. The summed E-state index contributed by atoms with van der Waals surface area (Å²) in [5.74, 6) is -1.48. The highest BCUT2D eigenvalue weighted by Crippen LogP contribution is 2.49. The summed E-state index contributed by atoms with van der Waals surface area (Å²) in [4.78, 5) is 52.6. The number of urea groups is 1. The zero-order chi connectivity index (χ0) is 19.4. The number of carboxylic acids is 1. The standard InChI is InChI=1S/C19H27N3O5/c1-12-5-2-3-8-19(12)15(24)22(17(27)20-19)10-14(23)21-9-13-6-4-7-18(13,11-21)16(25)26/h12-13H,2-11H2,1H3,(H,20,27)(H,25,26)/t12?,13-,18+,19?/m0/s1. The molecule has 4 aliphatic rings. The second-order valence-corrected chi connectivity index (χ2v) is 8.76. The Kier molecular flexibility index (Phi) is 4.20. The third-order valence-electron chi connectivity index (χ3n) is 7.44. The van der Waals surface area contributed by atoms with Gasteiger partial charge in [0.1, 0.15) is 12.1 Å². The molecule has 0 bridgehead atoms. The Hall–Kier alpha value is -2.12. The van der Waals surface area contributed by atoms with Crippen molar-refractivity contribution in [3.05, 3.63) is 0 Å². The number of carbonyl (C=O) groups excluding carboxylic acids is 3. The Labute approximate surface area is 158 Å². The topological polar surface area (TPSA) is 107 Å². The normalized spacial score (nSPS) is 38.4. The molecule has 8 nitrogen and oxygen atoms in total. The molecule has 4 amide bonds. The number of hydrogen-bond donors (Lipinski definition) is 2. The number of carbonyl (C=O) groups is 4. The number of likely N-dealkylation sites (tertiary alicyclic amines) is 1. The van der Waals surface area contributed by atoms with Crippen LogP contribution in [-0.2, 0) is 14.4 Å². The molecule has 148 valence electrons. The Morgan fingerprint density at radius 1 is 1.19 bits per heavy atom. The van der Waals surface area contributed by atoms with E-state index in [0.717, 1.165) is 37.0 Å². The van der Waals surface area contributed by atoms with Crippen LogP contribution < -0.4 is 5.32 Å². The van der Waals surface area contributed by atoms with Gasteiger partial charge in [-0.2, -0.15) is 0 Å². The lowest BCUT2D eigenvalue weighted by molar-refractivity contribution is -0.150. The monoisotopic (exact) mass is 377 g/mol. The third kappa shape index (κ3) is 2.56. The maximum atomic E-state index is 13.0. The summed E-state index contributed by atoms with van der Waals surface area (Å²) in [6, 6.07) is -0.505. The van der Waals surface area contributed by atoms with Crippen LogP contribution in [0.15, 0.2) is 0 Å². The molecule has 2 aliphatic carbocycles. The number of nitrogens with zero attached hydrogens (tertiary/aromatic N) is 2. The second-order valence-electron chi connectivity index (χ2n) is 8.76. The van der Waals surface area contributed by atoms with Crippen LogP contribution in [0.1, 0.15) is 51.9 Å². The molecule has 2 saturated heterocycles. The fourth-order valence-electron chi connectivity index (χ4n) is 5.70. The summed E-state index contributed by atoms with van der Waals surface area (Å²) in [7, 11) is 0. The summed E-state index contributed by atoms with van der Waals surface area (Å²) >= 11 is 0. The van der Waals surface area contributed by atoms with Crippen LogP contribution >= 0.6 is 0 Å². The van der Waals surface area contributed by atoms with Crippen LogP contribution in [0.4, 0.5) is 4.79 Å². The van der Waals surface area contributed by atoms with Crippen LogP contribution in [-0.4, -0.2) is 63.9 Å². The minimum absolute atomic E-state index is 0.0354. The SMILES string of the molecule is CC1CCCCC12NC(=O)N(CC(=O)N1C[C@@H]3CCC[C@@]3(C(=O)O)C1)C2=O. The molecule has 2 aliphatic heterocycles. The van der Waals surface area contributed by atoms with Crippen molar-refractivity contribution in [1.82, 2.24) is 15.1 Å². The summed E-state index contributed by atoms with van der Waals surface area (Å²) < 4.78 is 0. The van der Waals surface area contributed by atoms with E-state index in [1.165, 1.54) is 4.90 Å². The first-order valence-electron chi connectivity index (χ1n) is 9.95. The Morgan fingerprint density at radius 2 is 1.96 bits per heavy atom. The molecule has 27 heavy (non-hydrogen) atoms. The molecular formula is C19H27N3O5. The van der Waals surface area contributed by atoms with Crippen LogP contribution in [0.2, 0.25) is 0 Å². The number of aliphatic carboxylic acids is 1. The number of carboxylic acid groups (broad SMARTS) is 1. The van der Waals surface area contributed by atoms with E-state index in [-0.39, 0.29) is 36.7 Å². The molecule has 2 heterocycles. The van der Waals surface area contributed by atoms with E-state index in [0.29, 0.717) is 19.4 Å². The third-order valence-corrected chi connectivity index (χ3v) is 7.44. The Balaban J connectivity index is 1.47. The first kappa shape index (κ1) is 18.3. The predicted octanol–water partition coefficient (Wildman–Crippen LogP) is 1.20. The molecule has 0 aromatic carbocycles. The zero-order valence-corrected chi connectivity index (χ0v) is 15.7. The lowest BCUT2D eigenvalue weighted by Gasteiger charge is -2.36. The van der Waals surface area contributed by atoms with Gasteiger partial charge >= 0.3 is 12.0 Å². The summed E-state index contributed by atoms with van der Waals surface area (Å²) in [6.07, 6.45) is 5.66. The molecule has 2 N–H and O–H groups in total. The maximum absolute atomic E-state index is 13.0. The average molecular weight is 377 g/mol. The van der Waals surface area contributed by atoms with Crippen molar-refractivity contribution < 1.29 is 24.3 Å². The van der Waals surface area contributed by atoms with Crippen LogP contribution in [0, 0.1) is 17.3 Å². The highest BCUT2D eigenvalue weighted by atomic mass is 16.4. The van der Waals surface area contributed by atoms with Crippen molar-refractivity contribution in [1.29, 1.82) is 0 Å². The van der Waals surface area contributed by atoms with Gasteiger partial charge in [-0.3, -0.25) is 19.3 Å². The molecule has 2 saturated carbocycles. The summed E-state index contributed by atoms with van der Waals surface area (Å²) in [5, 5.41) is 12.5. The van der Waals surface area contributed by atoms with Crippen molar-refractivity contribution in [3.8, 4) is 0 Å². The molecule has 4 rings (SSSR count). The van der Waals surface area contributed by atoms with Gasteiger partial charge in [-0.15, -0.1) is 0 Å². The average Bonchev–Trinajstić information content (AvgIpc) is 3.24. The van der Waals surface area contributed by atoms with Gasteiger partial charge in [-0.05, 0) is 37.5 Å². The maximum Gasteiger partial charge on any atom is 0.325 e. The van der Waals surface area contributed by atoms with Gasteiger partial charge < -0.3 is 15.3 Å². The van der Waals surface area contributed by atoms with Crippen molar-refractivity contribution in [2.45, 2.75) is 57.4 Å². The number of fused-ring (bicyclic) bond motifs is 1. The lowest BCUT2D eigenvalue weighted by Crippen LogP contribution is -2.54. The van der Waals surface area contributed by atoms with Crippen molar-refractivity contribution in [2.75, 3.05) is 19.6 Å². The number of nitrogens with one attached hydrogen (secondary N) is 1. The van der Waals surface area contributed by atoms with Gasteiger partial charge in [0.25, 0.3) is 5.91 Å². The lowest BCUT2D eigenvalue weighted by atomic mass is 9.73. The Bertz CT molecular complexity index is 709. The first-order chi connectivity index (χ1) is 12.8. The van der Waals surface area contributed by atoms with Gasteiger partial charge in [-0.1, -0.05) is 26.2 Å². The van der Waals surface area contributed by atoms with E-state index < -0.39 is 23.0 Å². The minimum atomic E-state index is -0.876. The van der Waals surface area contributed by atoms with Crippen molar-refractivity contribution in [3.63, 3.8) is 0 Å². The summed E-state index contributed by atoms with van der Waals surface area (Å²) in [6.45, 7) is 2.25. The smallest absolute Gasteiger partial charge is 0.325 e. The molecule has 0 aromatic heterocycles. The van der Waals surface area contributed by atoms with E-state index >= 15 is 0 Å². The zero-order valence-electron chi connectivity index (χ0n) is 15.7. The number of imide groups is 1. The molecule has 1 spiro atoms. The van der Waals surface area contributed by atoms with Crippen LogP contribution in [0.25, 0.3) is 0 Å². The van der Waals surface area contributed by atoms with Gasteiger partial charge in [0.05, 0.1) is 5.41 Å². The van der Waals surface area contributed by atoms with E-state index in [1.807, 2.05) is 6.92 Å². The van der Waals surface area contributed by atoms with E-state index in [4.69, 9.17) is 0 Å². The van der Waals surface area contributed by atoms with Crippen LogP contribution in [0.5, 0.6) is 0 Å². The molecule has 4 atom stereocenters. The fraction of sp³-hybridized carbons (Fsp3) is 0.789. The van der Waals surface area contributed by atoms with Gasteiger partial charge in [0.2, 0.25) is 5.91 Å². The van der Waals surface area contributed by atoms with Crippen molar-refractivity contribution in [2.24, 2.45) is 17.3 Å². The molecular weight excluding hydrogens is 350 g/mol. The highest BCUT2D eigenvalue weighted by Gasteiger charge is 2.58. The molecule has 2 unspecified atom stereocenters. The van der Waals surface area contributed by atoms with Crippen LogP contribution in [0.3, 0.4) is 0 Å². The first-order valence-corrected chi connectivity index (χ1v) is 9.95. The predicted molar refractivity (Wildman–Crippen MR) is 94.6 cm³/mol. The number of rotatable bonds is 3. The molecule has 0 radical (unpaired) electrons. The van der Waals surface area contributed by atoms with E-state index in [2.05, 4.69) is 5.32 Å². The molecule has 8 heteroatoms. The minimum Gasteiger partial charge on any atom is -0.481 e. The van der Waals surface area contributed by atoms with E-state index in [1.54, 1.807) is 0 Å². The van der Waals surface area contributed by atoms with Gasteiger partial charge in [-0.25, -0.2) is 4.79 Å². The number of amides is 4. The van der Waals surface area contributed by atoms with Gasteiger partial charge in [0.15, 0.2) is 0 Å². The summed E-state index contributed by atoms with van der Waals surface area (Å²) in [5.41, 5.74) is -1.73. The molecule has 4 fully saturated rings. The Morgan fingerprint density at radius 3 is 2.63 bits per heavy atom. The van der Waals surface area contributed by atoms with Crippen molar-refractivity contribution >= 4 is 23.8 Å². The fourth-order valence-corrected chi connectivity index (χ4v) is 5.70. The quantitative estimate of drug-likeness (QED) is 0.719. The number of hydrogen-bond acceptors (Lipinski definition) is 4. The van der Waals surface area contributed by atoms with E-state index in [9.17, 15) is 24.3 Å². The van der Waals surface area contributed by atoms with Gasteiger partial charge in [0, 0.05) is 13.1 Å².